The van der Waals surface area contributed by atoms with Crippen LogP contribution in [0.1, 0.15) is 11.5 Å². The SMILES string of the molecule is CNCc1nc(-c2ccc(OC)cc2)c(C)n1C. The minimum absolute atomic E-state index is 0.771. The monoisotopic (exact) mass is 245 g/mol. The number of hydrogen-bond acceptors (Lipinski definition) is 3. The van der Waals surface area contributed by atoms with Crippen LogP contribution < -0.4 is 10.1 Å². The maximum atomic E-state index is 5.17. The maximum Gasteiger partial charge on any atom is 0.123 e. The van der Waals surface area contributed by atoms with E-state index < -0.39 is 0 Å². The van der Waals surface area contributed by atoms with Gasteiger partial charge in [0, 0.05) is 18.3 Å². The fourth-order valence-electron chi connectivity index (χ4n) is 1.98. The van der Waals surface area contributed by atoms with Gasteiger partial charge in [0.15, 0.2) is 0 Å². The number of methoxy groups -OCH3 is 1. The molecule has 0 saturated carbocycles. The number of nitrogens with zero attached hydrogens (tertiary/aromatic N) is 2. The smallest absolute Gasteiger partial charge is 0.123 e. The van der Waals surface area contributed by atoms with Crippen LogP contribution in [0.3, 0.4) is 0 Å². The Labute approximate surface area is 108 Å². The summed E-state index contributed by atoms with van der Waals surface area (Å²) in [5, 5.41) is 3.13. The van der Waals surface area contributed by atoms with Crippen LogP contribution in [-0.4, -0.2) is 23.7 Å². The van der Waals surface area contributed by atoms with E-state index >= 15 is 0 Å². The van der Waals surface area contributed by atoms with E-state index in [0.29, 0.717) is 0 Å². The Balaban J connectivity index is 2.40. The molecule has 1 aromatic carbocycles. The van der Waals surface area contributed by atoms with Gasteiger partial charge in [-0.05, 0) is 38.2 Å². The molecule has 0 aliphatic heterocycles. The van der Waals surface area contributed by atoms with Crippen molar-refractivity contribution < 1.29 is 4.74 Å². The van der Waals surface area contributed by atoms with Gasteiger partial charge in [0.1, 0.15) is 11.6 Å². The number of ether oxygens (including phenoxy) is 1. The summed E-state index contributed by atoms with van der Waals surface area (Å²) in [6.07, 6.45) is 0. The molecule has 0 amide bonds. The summed E-state index contributed by atoms with van der Waals surface area (Å²) in [4.78, 5) is 4.68. The predicted molar refractivity (Wildman–Crippen MR) is 72.7 cm³/mol. The molecule has 0 atom stereocenters. The highest BCUT2D eigenvalue weighted by molar-refractivity contribution is 5.63. The molecule has 18 heavy (non-hydrogen) atoms. The first kappa shape index (κ1) is 12.6. The zero-order valence-corrected chi connectivity index (χ0v) is 11.3. The van der Waals surface area contributed by atoms with Crippen LogP contribution in [-0.2, 0) is 13.6 Å². The van der Waals surface area contributed by atoms with Crippen LogP contribution in [0.4, 0.5) is 0 Å². The average molecular weight is 245 g/mol. The van der Waals surface area contributed by atoms with Gasteiger partial charge in [-0.2, -0.15) is 0 Å². The predicted octanol–water partition coefficient (Wildman–Crippen LogP) is 2.12. The quantitative estimate of drug-likeness (QED) is 0.896. The van der Waals surface area contributed by atoms with Gasteiger partial charge < -0.3 is 14.6 Å². The Morgan fingerprint density at radius 3 is 2.50 bits per heavy atom. The van der Waals surface area contributed by atoms with Crippen molar-refractivity contribution in [3.8, 4) is 17.0 Å². The van der Waals surface area contributed by atoms with Gasteiger partial charge in [-0.1, -0.05) is 0 Å². The highest BCUT2D eigenvalue weighted by atomic mass is 16.5. The van der Waals surface area contributed by atoms with E-state index in [1.807, 2.05) is 38.4 Å². The second-order valence-electron chi connectivity index (χ2n) is 4.28. The highest BCUT2D eigenvalue weighted by Crippen LogP contribution is 2.25. The standard InChI is InChI=1S/C14H19N3O/c1-10-14(16-13(9-15-2)17(10)3)11-5-7-12(18-4)8-6-11/h5-8,15H,9H2,1-4H3. The first-order chi connectivity index (χ1) is 8.67. The van der Waals surface area contributed by atoms with Crippen molar-refractivity contribution >= 4 is 0 Å². The Hall–Kier alpha value is -1.81. The third-order valence-electron chi connectivity index (χ3n) is 3.17. The molecule has 2 rings (SSSR count). The molecule has 0 saturated heterocycles. The Morgan fingerprint density at radius 1 is 1.28 bits per heavy atom. The van der Waals surface area contributed by atoms with E-state index in [1.165, 1.54) is 5.69 Å². The van der Waals surface area contributed by atoms with Crippen molar-refractivity contribution in [3.05, 3.63) is 35.8 Å². The van der Waals surface area contributed by atoms with Gasteiger partial charge >= 0.3 is 0 Å². The number of nitrogens with one attached hydrogen (secondary N) is 1. The van der Waals surface area contributed by atoms with Crippen LogP contribution in [0.25, 0.3) is 11.3 Å². The summed E-state index contributed by atoms with van der Waals surface area (Å²) in [6.45, 7) is 2.86. The number of aromatic nitrogens is 2. The molecule has 96 valence electrons. The van der Waals surface area contributed by atoms with Gasteiger partial charge in [0.05, 0.1) is 19.3 Å². The van der Waals surface area contributed by atoms with E-state index in [4.69, 9.17) is 4.74 Å². The van der Waals surface area contributed by atoms with Crippen molar-refractivity contribution in [2.75, 3.05) is 14.2 Å². The number of hydrogen-bond donors (Lipinski definition) is 1. The molecule has 0 radical (unpaired) electrons. The molecule has 2 aromatic rings. The second-order valence-corrected chi connectivity index (χ2v) is 4.28. The van der Waals surface area contributed by atoms with Crippen LogP contribution in [0, 0.1) is 6.92 Å². The normalized spacial score (nSPS) is 10.7. The molecule has 1 N–H and O–H groups in total. The van der Waals surface area contributed by atoms with Crippen LogP contribution in [0.2, 0.25) is 0 Å². The summed E-state index contributed by atoms with van der Waals surface area (Å²) in [5.74, 6) is 1.91. The Bertz CT molecular complexity index is 529. The minimum Gasteiger partial charge on any atom is -0.497 e. The molecule has 0 spiro atoms. The van der Waals surface area contributed by atoms with E-state index in [-0.39, 0.29) is 0 Å². The zero-order chi connectivity index (χ0) is 13.1. The summed E-state index contributed by atoms with van der Waals surface area (Å²) in [5.41, 5.74) is 3.32. The summed E-state index contributed by atoms with van der Waals surface area (Å²) in [6, 6.07) is 8.00. The molecule has 4 heteroatoms. The van der Waals surface area contributed by atoms with Gasteiger partial charge in [0.25, 0.3) is 0 Å². The lowest BCUT2D eigenvalue weighted by Gasteiger charge is -2.03. The number of rotatable bonds is 4. The van der Waals surface area contributed by atoms with Crippen LogP contribution in [0.15, 0.2) is 24.3 Å². The highest BCUT2D eigenvalue weighted by Gasteiger charge is 2.12. The van der Waals surface area contributed by atoms with Crippen molar-refractivity contribution in [1.82, 2.24) is 14.9 Å². The molecule has 1 aromatic heterocycles. The van der Waals surface area contributed by atoms with Crippen LogP contribution >= 0.6 is 0 Å². The molecule has 0 aliphatic carbocycles. The minimum atomic E-state index is 0.771. The first-order valence-electron chi connectivity index (χ1n) is 5.98. The second kappa shape index (κ2) is 5.23. The van der Waals surface area contributed by atoms with E-state index in [0.717, 1.165) is 29.4 Å². The molecule has 4 nitrogen and oxygen atoms in total. The average Bonchev–Trinajstić information content (AvgIpc) is 2.68. The number of imidazole rings is 1. The lowest BCUT2D eigenvalue weighted by atomic mass is 10.1. The summed E-state index contributed by atoms with van der Waals surface area (Å²) in [7, 11) is 5.64. The molecular formula is C14H19N3O. The Kier molecular flexibility index (Phi) is 3.67. The summed E-state index contributed by atoms with van der Waals surface area (Å²) < 4.78 is 7.29. The summed E-state index contributed by atoms with van der Waals surface area (Å²) >= 11 is 0. The molecule has 1 heterocycles. The molecule has 0 aliphatic rings. The third-order valence-corrected chi connectivity index (χ3v) is 3.17. The van der Waals surface area contributed by atoms with Gasteiger partial charge in [0.2, 0.25) is 0 Å². The number of benzene rings is 1. The van der Waals surface area contributed by atoms with Crippen molar-refractivity contribution in [2.24, 2.45) is 7.05 Å². The van der Waals surface area contributed by atoms with Crippen molar-refractivity contribution in [3.63, 3.8) is 0 Å². The molecule has 0 unspecified atom stereocenters. The first-order valence-corrected chi connectivity index (χ1v) is 5.98. The third kappa shape index (κ3) is 2.24. The Morgan fingerprint density at radius 2 is 1.94 bits per heavy atom. The molecule has 0 bridgehead atoms. The van der Waals surface area contributed by atoms with E-state index in [1.54, 1.807) is 7.11 Å². The van der Waals surface area contributed by atoms with Gasteiger partial charge in [-0.15, -0.1) is 0 Å². The van der Waals surface area contributed by atoms with E-state index in [2.05, 4.69) is 21.8 Å². The molecular weight excluding hydrogens is 226 g/mol. The largest absolute Gasteiger partial charge is 0.497 e. The van der Waals surface area contributed by atoms with Gasteiger partial charge in [-0.25, -0.2) is 4.98 Å². The van der Waals surface area contributed by atoms with E-state index in [9.17, 15) is 0 Å². The fourth-order valence-corrected chi connectivity index (χ4v) is 1.98. The van der Waals surface area contributed by atoms with Crippen LogP contribution in [0.5, 0.6) is 5.75 Å². The molecule has 0 fully saturated rings. The lowest BCUT2D eigenvalue weighted by Crippen LogP contribution is -2.10. The lowest BCUT2D eigenvalue weighted by molar-refractivity contribution is 0.415. The van der Waals surface area contributed by atoms with Gasteiger partial charge in [-0.3, -0.25) is 0 Å². The fraction of sp³-hybridized carbons (Fsp3) is 0.357. The van der Waals surface area contributed by atoms with Crippen molar-refractivity contribution in [2.45, 2.75) is 13.5 Å². The van der Waals surface area contributed by atoms with Crippen molar-refractivity contribution in [1.29, 1.82) is 0 Å². The topological polar surface area (TPSA) is 39.1 Å². The zero-order valence-electron chi connectivity index (χ0n) is 11.3. The maximum absolute atomic E-state index is 5.17.